The van der Waals surface area contributed by atoms with E-state index in [1.54, 1.807) is 4.90 Å². The molecule has 0 spiro atoms. The average Bonchev–Trinajstić information content (AvgIpc) is 3.05. The zero-order chi connectivity index (χ0) is 14.8. The lowest BCUT2D eigenvalue weighted by Gasteiger charge is -2.30. The van der Waals surface area contributed by atoms with Gasteiger partial charge in [-0.05, 0) is 51.7 Å². The van der Waals surface area contributed by atoms with E-state index >= 15 is 0 Å². The van der Waals surface area contributed by atoms with Crippen molar-refractivity contribution >= 4 is 11.8 Å². The number of rotatable bonds is 4. The molecular weight excluding hydrogens is 266 g/mol. The van der Waals surface area contributed by atoms with Crippen LogP contribution >= 0.6 is 0 Å². The summed E-state index contributed by atoms with van der Waals surface area (Å²) in [5.41, 5.74) is 0. The van der Waals surface area contributed by atoms with E-state index in [1.165, 1.54) is 19.4 Å². The maximum atomic E-state index is 12.5. The second kappa shape index (κ2) is 6.44. The Bertz CT molecular complexity index is 406. The van der Waals surface area contributed by atoms with Crippen LogP contribution in [0.5, 0.6) is 0 Å². The molecule has 2 heterocycles. The summed E-state index contributed by atoms with van der Waals surface area (Å²) < 4.78 is 0. The molecule has 0 aromatic rings. The van der Waals surface area contributed by atoms with E-state index < -0.39 is 0 Å². The molecule has 2 unspecified atom stereocenters. The molecule has 2 saturated heterocycles. The van der Waals surface area contributed by atoms with Gasteiger partial charge in [0.25, 0.3) is 0 Å². The molecule has 0 aromatic carbocycles. The number of nitrogens with zero attached hydrogens (tertiary/aromatic N) is 2. The van der Waals surface area contributed by atoms with E-state index in [0.29, 0.717) is 12.3 Å². The lowest BCUT2D eigenvalue weighted by atomic mass is 9.98. The summed E-state index contributed by atoms with van der Waals surface area (Å²) in [6.07, 6.45) is 7.10. The molecule has 1 saturated carbocycles. The molecule has 5 heteroatoms. The minimum absolute atomic E-state index is 0.0241. The Balaban J connectivity index is 1.52. The lowest BCUT2D eigenvalue weighted by molar-refractivity contribution is -0.141. The molecular formula is C16H27N3O2. The molecule has 21 heavy (non-hydrogen) atoms. The fourth-order valence-electron chi connectivity index (χ4n) is 4.11. The molecule has 0 aromatic heterocycles. The second-order valence-corrected chi connectivity index (χ2v) is 6.98. The molecule has 1 N–H and O–H groups in total. The van der Waals surface area contributed by atoms with Gasteiger partial charge < -0.3 is 10.2 Å². The van der Waals surface area contributed by atoms with Crippen molar-refractivity contribution in [2.45, 2.75) is 57.0 Å². The predicted molar refractivity (Wildman–Crippen MR) is 80.7 cm³/mol. The van der Waals surface area contributed by atoms with Crippen LogP contribution in [-0.2, 0) is 9.59 Å². The molecule has 3 aliphatic rings. The summed E-state index contributed by atoms with van der Waals surface area (Å²) in [4.78, 5) is 28.5. The van der Waals surface area contributed by atoms with Crippen LogP contribution in [0.15, 0.2) is 0 Å². The summed E-state index contributed by atoms with van der Waals surface area (Å²) >= 11 is 0. The number of hydrogen-bond donors (Lipinski definition) is 1. The number of carbonyl (C=O) groups excluding carboxylic acids is 2. The Kier molecular flexibility index (Phi) is 4.60. The van der Waals surface area contributed by atoms with E-state index in [4.69, 9.17) is 0 Å². The molecule has 0 bridgehead atoms. The van der Waals surface area contributed by atoms with E-state index in [-0.39, 0.29) is 23.9 Å². The van der Waals surface area contributed by atoms with Gasteiger partial charge in [-0.15, -0.1) is 0 Å². The van der Waals surface area contributed by atoms with Gasteiger partial charge in [0.1, 0.15) is 0 Å². The van der Waals surface area contributed by atoms with Gasteiger partial charge in [0.15, 0.2) is 0 Å². The third-order valence-corrected chi connectivity index (χ3v) is 5.25. The Morgan fingerprint density at radius 2 is 1.90 bits per heavy atom. The zero-order valence-corrected chi connectivity index (χ0v) is 13.0. The first-order valence-corrected chi connectivity index (χ1v) is 8.43. The van der Waals surface area contributed by atoms with Gasteiger partial charge >= 0.3 is 0 Å². The Labute approximate surface area is 127 Å². The summed E-state index contributed by atoms with van der Waals surface area (Å²) in [5, 5.41) is 3.37. The monoisotopic (exact) mass is 293 g/mol. The molecule has 1 aliphatic carbocycles. The van der Waals surface area contributed by atoms with E-state index in [9.17, 15) is 9.59 Å². The van der Waals surface area contributed by atoms with Gasteiger partial charge in [-0.25, -0.2) is 0 Å². The summed E-state index contributed by atoms with van der Waals surface area (Å²) in [7, 11) is 2.15. The number of nitrogens with one attached hydrogen (secondary N) is 1. The van der Waals surface area contributed by atoms with Crippen LogP contribution in [0.2, 0.25) is 0 Å². The lowest BCUT2D eigenvalue weighted by Crippen LogP contribution is -2.45. The zero-order valence-electron chi connectivity index (χ0n) is 13.0. The fourth-order valence-corrected chi connectivity index (χ4v) is 4.11. The van der Waals surface area contributed by atoms with Crippen molar-refractivity contribution in [1.29, 1.82) is 0 Å². The first-order chi connectivity index (χ1) is 10.1. The van der Waals surface area contributed by atoms with Crippen molar-refractivity contribution in [3.63, 3.8) is 0 Å². The molecule has 2 aliphatic heterocycles. The summed E-state index contributed by atoms with van der Waals surface area (Å²) in [6.45, 7) is 3.12. The molecule has 2 atom stereocenters. The standard InChI is InChI=1S/C16H27N3O2/c1-18-8-4-5-12(11-18)10-17-14-9-15(20)19(16(14)21)13-6-2-3-7-13/h12-14,17H,2-11H2,1H3. The van der Waals surface area contributed by atoms with Gasteiger partial charge in [-0.3, -0.25) is 14.5 Å². The van der Waals surface area contributed by atoms with Crippen LogP contribution in [0, 0.1) is 5.92 Å². The minimum atomic E-state index is -0.273. The normalized spacial score (nSPS) is 32.3. The van der Waals surface area contributed by atoms with Gasteiger partial charge in [0, 0.05) is 12.6 Å². The SMILES string of the molecule is CN1CCCC(CNC2CC(=O)N(C3CCCC3)C2=O)C1. The van der Waals surface area contributed by atoms with Crippen LogP contribution in [0.25, 0.3) is 0 Å². The molecule has 2 amide bonds. The minimum Gasteiger partial charge on any atom is -0.306 e. The Morgan fingerprint density at radius 1 is 1.14 bits per heavy atom. The molecule has 0 radical (unpaired) electrons. The van der Waals surface area contributed by atoms with Crippen LogP contribution in [0.1, 0.15) is 44.9 Å². The van der Waals surface area contributed by atoms with E-state index in [0.717, 1.165) is 38.8 Å². The molecule has 3 rings (SSSR count). The van der Waals surface area contributed by atoms with Gasteiger partial charge in [-0.1, -0.05) is 12.8 Å². The van der Waals surface area contributed by atoms with Gasteiger partial charge in [0.2, 0.25) is 11.8 Å². The number of hydrogen-bond acceptors (Lipinski definition) is 4. The molecule has 118 valence electrons. The third kappa shape index (κ3) is 3.29. The van der Waals surface area contributed by atoms with Gasteiger partial charge in [-0.2, -0.15) is 0 Å². The molecule has 5 nitrogen and oxygen atoms in total. The number of amides is 2. The maximum absolute atomic E-state index is 12.5. The first kappa shape index (κ1) is 15.0. The highest BCUT2D eigenvalue weighted by Crippen LogP contribution is 2.28. The quantitative estimate of drug-likeness (QED) is 0.785. The van der Waals surface area contributed by atoms with Crippen LogP contribution < -0.4 is 5.32 Å². The summed E-state index contributed by atoms with van der Waals surface area (Å²) in [5.74, 6) is 0.661. The van der Waals surface area contributed by atoms with Crippen LogP contribution in [0.3, 0.4) is 0 Å². The topological polar surface area (TPSA) is 52.7 Å². The average molecular weight is 293 g/mol. The number of piperidine rings is 1. The highest BCUT2D eigenvalue weighted by Gasteiger charge is 2.42. The third-order valence-electron chi connectivity index (χ3n) is 5.25. The van der Waals surface area contributed by atoms with Crippen molar-refractivity contribution in [1.82, 2.24) is 15.1 Å². The largest absolute Gasteiger partial charge is 0.306 e. The maximum Gasteiger partial charge on any atom is 0.247 e. The Morgan fingerprint density at radius 3 is 2.62 bits per heavy atom. The Hall–Kier alpha value is -0.940. The first-order valence-electron chi connectivity index (χ1n) is 8.43. The van der Waals surface area contributed by atoms with Gasteiger partial charge in [0.05, 0.1) is 12.5 Å². The highest BCUT2D eigenvalue weighted by atomic mass is 16.2. The molecule has 3 fully saturated rings. The number of carbonyl (C=O) groups is 2. The predicted octanol–water partition coefficient (Wildman–Crippen LogP) is 0.988. The number of imide groups is 1. The van der Waals surface area contributed by atoms with Crippen LogP contribution in [-0.4, -0.2) is 60.4 Å². The fraction of sp³-hybridized carbons (Fsp3) is 0.875. The van der Waals surface area contributed by atoms with E-state index in [2.05, 4.69) is 17.3 Å². The summed E-state index contributed by atoms with van der Waals surface area (Å²) in [6, 6.07) is -0.0945. The smallest absolute Gasteiger partial charge is 0.247 e. The number of likely N-dealkylation sites (tertiary alicyclic amines) is 2. The highest BCUT2D eigenvalue weighted by molar-refractivity contribution is 6.05. The van der Waals surface area contributed by atoms with Crippen molar-refractivity contribution in [2.24, 2.45) is 5.92 Å². The van der Waals surface area contributed by atoms with Crippen molar-refractivity contribution < 1.29 is 9.59 Å². The van der Waals surface area contributed by atoms with E-state index in [1.807, 2.05) is 0 Å². The van der Waals surface area contributed by atoms with Crippen molar-refractivity contribution in [3.05, 3.63) is 0 Å². The van der Waals surface area contributed by atoms with Crippen molar-refractivity contribution in [2.75, 3.05) is 26.7 Å². The van der Waals surface area contributed by atoms with Crippen LogP contribution in [0.4, 0.5) is 0 Å². The second-order valence-electron chi connectivity index (χ2n) is 6.98. The van der Waals surface area contributed by atoms with Crippen molar-refractivity contribution in [3.8, 4) is 0 Å².